The van der Waals surface area contributed by atoms with Gasteiger partial charge in [0.1, 0.15) is 6.61 Å². The largest absolute Gasteiger partial charge is 0.481 e. The van der Waals surface area contributed by atoms with Gasteiger partial charge >= 0.3 is 12.1 Å². The van der Waals surface area contributed by atoms with Crippen molar-refractivity contribution in [1.82, 2.24) is 10.2 Å². The van der Waals surface area contributed by atoms with Crippen LogP contribution in [0.25, 0.3) is 11.1 Å². The van der Waals surface area contributed by atoms with E-state index in [0.29, 0.717) is 13.0 Å². The predicted octanol–water partition coefficient (Wildman–Crippen LogP) is 4.65. The fraction of sp³-hybridized carbons (Fsp3) is 0.464. The third kappa shape index (κ3) is 5.19. The van der Waals surface area contributed by atoms with E-state index in [-0.39, 0.29) is 37.4 Å². The van der Waals surface area contributed by atoms with E-state index in [9.17, 15) is 19.5 Å². The molecule has 186 valence electrons. The zero-order chi connectivity index (χ0) is 25.2. The second kappa shape index (κ2) is 10.1. The number of carboxylic acid groups (broad SMARTS) is 1. The van der Waals surface area contributed by atoms with Crippen LogP contribution in [0.15, 0.2) is 48.5 Å². The van der Waals surface area contributed by atoms with Crippen molar-refractivity contribution in [2.24, 2.45) is 11.3 Å². The van der Waals surface area contributed by atoms with Crippen molar-refractivity contribution in [2.75, 3.05) is 19.7 Å². The van der Waals surface area contributed by atoms with Gasteiger partial charge in [-0.05, 0) is 34.1 Å². The van der Waals surface area contributed by atoms with Crippen molar-refractivity contribution < 1.29 is 24.2 Å². The molecule has 2 amide bonds. The number of nitrogens with zero attached hydrogens (tertiary/aromatic N) is 1. The van der Waals surface area contributed by atoms with E-state index >= 15 is 0 Å². The van der Waals surface area contributed by atoms with Crippen LogP contribution in [0.3, 0.4) is 0 Å². The third-order valence-corrected chi connectivity index (χ3v) is 7.32. The lowest BCUT2D eigenvalue weighted by Gasteiger charge is -2.24. The Morgan fingerprint density at radius 3 is 2.23 bits per heavy atom. The molecule has 2 aromatic carbocycles. The number of amides is 2. The van der Waals surface area contributed by atoms with E-state index in [0.717, 1.165) is 17.5 Å². The second-order valence-electron chi connectivity index (χ2n) is 10.3. The predicted molar refractivity (Wildman–Crippen MR) is 133 cm³/mol. The number of aliphatic carboxylic acids is 1. The van der Waals surface area contributed by atoms with Gasteiger partial charge in [0, 0.05) is 31.5 Å². The first-order valence-corrected chi connectivity index (χ1v) is 12.3. The molecule has 35 heavy (non-hydrogen) atoms. The van der Waals surface area contributed by atoms with E-state index in [1.807, 2.05) is 45.0 Å². The summed E-state index contributed by atoms with van der Waals surface area (Å²) in [6.07, 6.45) is 1.02. The highest BCUT2D eigenvalue weighted by Gasteiger charge is 2.45. The average molecular weight is 479 g/mol. The summed E-state index contributed by atoms with van der Waals surface area (Å²) in [5, 5.41) is 12.4. The van der Waals surface area contributed by atoms with Crippen molar-refractivity contribution in [3.8, 4) is 11.1 Å². The number of alkyl carbamates (subject to hydrolysis) is 1. The van der Waals surface area contributed by atoms with E-state index in [1.165, 1.54) is 11.1 Å². The molecule has 1 aliphatic carbocycles. The second-order valence-corrected chi connectivity index (χ2v) is 10.3. The fourth-order valence-electron chi connectivity index (χ4n) is 5.46. The lowest BCUT2D eigenvalue weighted by atomic mass is 9.82. The molecule has 2 aromatic rings. The summed E-state index contributed by atoms with van der Waals surface area (Å²) < 4.78 is 5.65. The van der Waals surface area contributed by atoms with Crippen LogP contribution in [-0.2, 0) is 14.3 Å². The zero-order valence-electron chi connectivity index (χ0n) is 20.6. The lowest BCUT2D eigenvalue weighted by molar-refractivity contribution is -0.144. The Labute approximate surface area is 206 Å². The standard InChI is InChI=1S/C28H34N2O5/c1-4-9-18(14-25(31)30-15-24(26(32)33)28(2,3)17-30)29-27(34)35-16-23-21-12-7-5-10-19(21)20-11-6-8-13-22(20)23/h5-8,10-13,18,23-24H,4,9,14-17H2,1-3H3,(H,29,34)(H,32,33)/t18-,24?/m1/s1. The molecular formula is C28H34N2O5. The van der Waals surface area contributed by atoms with Gasteiger partial charge in [-0.3, -0.25) is 9.59 Å². The Morgan fingerprint density at radius 2 is 1.69 bits per heavy atom. The van der Waals surface area contributed by atoms with Crippen LogP contribution in [-0.4, -0.2) is 53.7 Å². The average Bonchev–Trinajstić information content (AvgIpc) is 3.32. The fourth-order valence-corrected chi connectivity index (χ4v) is 5.46. The van der Waals surface area contributed by atoms with Crippen molar-refractivity contribution >= 4 is 18.0 Å². The molecular weight excluding hydrogens is 444 g/mol. The van der Waals surface area contributed by atoms with Crippen LogP contribution in [0.4, 0.5) is 4.79 Å². The molecule has 2 N–H and O–H groups in total. The monoisotopic (exact) mass is 478 g/mol. The minimum atomic E-state index is -0.882. The molecule has 7 nitrogen and oxygen atoms in total. The highest BCUT2D eigenvalue weighted by atomic mass is 16.5. The zero-order valence-corrected chi connectivity index (χ0v) is 20.6. The quantitative estimate of drug-likeness (QED) is 0.576. The number of benzene rings is 2. The van der Waals surface area contributed by atoms with Gasteiger partial charge < -0.3 is 20.1 Å². The SMILES string of the molecule is CCC[C@H](CC(=O)N1CC(C(=O)O)C(C)(C)C1)NC(=O)OCC1c2ccccc2-c2ccccc21. The maximum atomic E-state index is 13.0. The Hall–Kier alpha value is -3.35. The molecule has 4 rings (SSSR count). The first-order valence-electron chi connectivity index (χ1n) is 12.3. The first-order chi connectivity index (χ1) is 16.7. The van der Waals surface area contributed by atoms with Crippen molar-refractivity contribution in [3.05, 3.63) is 59.7 Å². The van der Waals surface area contributed by atoms with E-state index in [2.05, 4.69) is 29.6 Å². The lowest BCUT2D eigenvalue weighted by Crippen LogP contribution is -2.41. The number of hydrogen-bond donors (Lipinski definition) is 2. The number of nitrogens with one attached hydrogen (secondary N) is 1. The molecule has 7 heteroatoms. The number of fused-ring (bicyclic) bond motifs is 3. The molecule has 0 radical (unpaired) electrons. The van der Waals surface area contributed by atoms with E-state index in [4.69, 9.17) is 4.74 Å². The van der Waals surface area contributed by atoms with Crippen molar-refractivity contribution in [2.45, 2.75) is 52.0 Å². The smallest absolute Gasteiger partial charge is 0.407 e. The number of hydrogen-bond acceptors (Lipinski definition) is 4. The van der Waals surface area contributed by atoms with E-state index in [1.54, 1.807) is 4.90 Å². The molecule has 2 aliphatic rings. The van der Waals surface area contributed by atoms with Gasteiger partial charge in [0.15, 0.2) is 0 Å². The topological polar surface area (TPSA) is 95.9 Å². The molecule has 0 spiro atoms. The molecule has 0 bridgehead atoms. The number of carboxylic acids is 1. The molecule has 0 aromatic heterocycles. The summed E-state index contributed by atoms with van der Waals surface area (Å²) >= 11 is 0. The van der Waals surface area contributed by atoms with Crippen LogP contribution < -0.4 is 5.32 Å². The van der Waals surface area contributed by atoms with Gasteiger partial charge in [-0.25, -0.2) is 4.79 Å². The van der Waals surface area contributed by atoms with E-state index < -0.39 is 23.4 Å². The van der Waals surface area contributed by atoms with Crippen LogP contribution in [0.5, 0.6) is 0 Å². The van der Waals surface area contributed by atoms with Gasteiger partial charge in [0.2, 0.25) is 5.91 Å². The molecule has 1 aliphatic heterocycles. The maximum absolute atomic E-state index is 13.0. The summed E-state index contributed by atoms with van der Waals surface area (Å²) in [6, 6.07) is 16.0. The van der Waals surface area contributed by atoms with Crippen LogP contribution in [0, 0.1) is 11.3 Å². The molecule has 2 atom stereocenters. The number of likely N-dealkylation sites (tertiary alicyclic amines) is 1. The maximum Gasteiger partial charge on any atom is 0.407 e. The first kappa shape index (κ1) is 24.8. The number of ether oxygens (including phenoxy) is 1. The van der Waals surface area contributed by atoms with Gasteiger partial charge in [0.05, 0.1) is 5.92 Å². The minimum absolute atomic E-state index is 0.0285. The normalized spacial score (nSPS) is 19.1. The Morgan fingerprint density at radius 1 is 1.09 bits per heavy atom. The van der Waals surface area contributed by atoms with Gasteiger partial charge in [-0.15, -0.1) is 0 Å². The molecule has 1 fully saturated rings. The van der Waals surface area contributed by atoms with Gasteiger partial charge in [-0.1, -0.05) is 75.7 Å². The molecule has 1 unspecified atom stereocenters. The number of rotatable bonds is 8. The van der Waals surface area contributed by atoms with Crippen LogP contribution in [0.1, 0.15) is 57.1 Å². The molecule has 1 heterocycles. The van der Waals surface area contributed by atoms with Crippen molar-refractivity contribution in [1.29, 1.82) is 0 Å². The number of carbonyl (C=O) groups is 3. The molecule has 0 saturated carbocycles. The van der Waals surface area contributed by atoms with Crippen LogP contribution in [0.2, 0.25) is 0 Å². The highest BCUT2D eigenvalue weighted by molar-refractivity contribution is 5.81. The highest BCUT2D eigenvalue weighted by Crippen LogP contribution is 2.44. The summed E-state index contributed by atoms with van der Waals surface area (Å²) in [7, 11) is 0. The summed E-state index contributed by atoms with van der Waals surface area (Å²) in [4.78, 5) is 38.9. The third-order valence-electron chi connectivity index (χ3n) is 7.32. The molecule has 1 saturated heterocycles. The summed E-state index contributed by atoms with van der Waals surface area (Å²) in [5.74, 6) is -1.64. The Bertz CT molecular complexity index is 1070. The number of carbonyl (C=O) groups excluding carboxylic acids is 2. The summed E-state index contributed by atoms with van der Waals surface area (Å²) in [6.45, 7) is 6.55. The minimum Gasteiger partial charge on any atom is -0.481 e. The Balaban J connectivity index is 1.36. The Kier molecular flexibility index (Phi) is 7.15. The van der Waals surface area contributed by atoms with Crippen molar-refractivity contribution in [3.63, 3.8) is 0 Å². The van der Waals surface area contributed by atoms with Crippen LogP contribution >= 0.6 is 0 Å². The summed E-state index contributed by atoms with van der Waals surface area (Å²) in [5.41, 5.74) is 4.14. The van der Waals surface area contributed by atoms with Gasteiger partial charge in [-0.2, -0.15) is 0 Å². The van der Waals surface area contributed by atoms with Gasteiger partial charge in [0.25, 0.3) is 0 Å².